The van der Waals surface area contributed by atoms with Crippen molar-refractivity contribution in [3.8, 4) is 16.9 Å². The van der Waals surface area contributed by atoms with Crippen LogP contribution in [-0.4, -0.2) is 5.11 Å². The SMILES string of the molecule is Oc1ccc(/C=C/c2ccc(-c3ccccc3)cc2)cc1. The first-order valence-electron chi connectivity index (χ1n) is 6.94. The maximum Gasteiger partial charge on any atom is 0.115 e. The van der Waals surface area contributed by atoms with Crippen LogP contribution in [0.3, 0.4) is 0 Å². The summed E-state index contributed by atoms with van der Waals surface area (Å²) in [6, 6.07) is 26.0. The molecular weight excluding hydrogens is 256 g/mol. The smallest absolute Gasteiger partial charge is 0.115 e. The zero-order chi connectivity index (χ0) is 14.5. The van der Waals surface area contributed by atoms with Crippen molar-refractivity contribution in [2.45, 2.75) is 0 Å². The van der Waals surface area contributed by atoms with Gasteiger partial charge in [0.05, 0.1) is 0 Å². The van der Waals surface area contributed by atoms with Crippen molar-refractivity contribution in [1.29, 1.82) is 0 Å². The molecule has 0 aromatic heterocycles. The summed E-state index contributed by atoms with van der Waals surface area (Å²) < 4.78 is 0. The van der Waals surface area contributed by atoms with Crippen molar-refractivity contribution in [1.82, 2.24) is 0 Å². The van der Waals surface area contributed by atoms with Gasteiger partial charge in [-0.1, -0.05) is 78.9 Å². The van der Waals surface area contributed by atoms with E-state index >= 15 is 0 Å². The molecule has 0 spiro atoms. The second kappa shape index (κ2) is 6.10. The van der Waals surface area contributed by atoms with Crippen molar-refractivity contribution in [2.75, 3.05) is 0 Å². The summed E-state index contributed by atoms with van der Waals surface area (Å²) in [6.45, 7) is 0. The highest BCUT2D eigenvalue weighted by atomic mass is 16.3. The van der Waals surface area contributed by atoms with Gasteiger partial charge in [0.1, 0.15) is 5.75 Å². The Bertz CT molecular complexity index is 723. The van der Waals surface area contributed by atoms with Crippen LogP contribution in [0.25, 0.3) is 23.3 Å². The van der Waals surface area contributed by atoms with Crippen LogP contribution in [0.5, 0.6) is 5.75 Å². The molecular formula is C20H16O. The van der Waals surface area contributed by atoms with Gasteiger partial charge in [0.25, 0.3) is 0 Å². The second-order valence-electron chi connectivity index (χ2n) is 4.91. The summed E-state index contributed by atoms with van der Waals surface area (Å²) in [6.07, 6.45) is 4.11. The molecule has 0 aliphatic heterocycles. The minimum Gasteiger partial charge on any atom is -0.508 e. The van der Waals surface area contributed by atoms with E-state index in [0.29, 0.717) is 5.75 Å². The summed E-state index contributed by atoms with van der Waals surface area (Å²) in [5.74, 6) is 0.291. The third-order valence-corrected chi connectivity index (χ3v) is 3.38. The molecule has 0 aliphatic rings. The summed E-state index contributed by atoms with van der Waals surface area (Å²) >= 11 is 0. The van der Waals surface area contributed by atoms with E-state index in [9.17, 15) is 5.11 Å². The van der Waals surface area contributed by atoms with Crippen LogP contribution in [0.2, 0.25) is 0 Å². The lowest BCUT2D eigenvalue weighted by molar-refractivity contribution is 0.475. The number of hydrogen-bond donors (Lipinski definition) is 1. The first-order valence-corrected chi connectivity index (χ1v) is 6.94. The summed E-state index contributed by atoms with van der Waals surface area (Å²) in [7, 11) is 0. The molecule has 0 amide bonds. The van der Waals surface area contributed by atoms with E-state index < -0.39 is 0 Å². The van der Waals surface area contributed by atoms with Gasteiger partial charge in [-0.25, -0.2) is 0 Å². The molecule has 3 aromatic rings. The highest BCUT2D eigenvalue weighted by molar-refractivity contribution is 5.72. The van der Waals surface area contributed by atoms with Gasteiger partial charge in [-0.2, -0.15) is 0 Å². The summed E-state index contributed by atoms with van der Waals surface area (Å²) in [5.41, 5.74) is 4.67. The zero-order valence-corrected chi connectivity index (χ0v) is 11.6. The minimum absolute atomic E-state index is 0.291. The number of benzene rings is 3. The van der Waals surface area contributed by atoms with Crippen molar-refractivity contribution in [3.05, 3.63) is 90.0 Å². The van der Waals surface area contributed by atoms with Gasteiger partial charge in [0, 0.05) is 0 Å². The van der Waals surface area contributed by atoms with Gasteiger partial charge in [-0.15, -0.1) is 0 Å². The number of phenolic OH excluding ortho intramolecular Hbond substituents is 1. The molecule has 0 aliphatic carbocycles. The average Bonchev–Trinajstić information content (AvgIpc) is 2.56. The van der Waals surface area contributed by atoms with Gasteiger partial charge in [0.2, 0.25) is 0 Å². The first kappa shape index (κ1) is 13.2. The fourth-order valence-electron chi connectivity index (χ4n) is 2.20. The Kier molecular flexibility index (Phi) is 3.83. The molecule has 0 fully saturated rings. The van der Waals surface area contributed by atoms with Gasteiger partial charge in [-0.05, 0) is 34.4 Å². The monoisotopic (exact) mass is 272 g/mol. The number of aromatic hydroxyl groups is 1. The van der Waals surface area contributed by atoms with Crippen LogP contribution in [-0.2, 0) is 0 Å². The Morgan fingerprint density at radius 1 is 0.524 bits per heavy atom. The predicted octanol–water partition coefficient (Wildman–Crippen LogP) is 5.23. The van der Waals surface area contributed by atoms with E-state index in [4.69, 9.17) is 0 Å². The van der Waals surface area contributed by atoms with Gasteiger partial charge < -0.3 is 5.11 Å². The van der Waals surface area contributed by atoms with Crippen LogP contribution < -0.4 is 0 Å². The highest BCUT2D eigenvalue weighted by Gasteiger charge is 1.95. The van der Waals surface area contributed by atoms with E-state index in [-0.39, 0.29) is 0 Å². The van der Waals surface area contributed by atoms with Gasteiger partial charge >= 0.3 is 0 Å². The Morgan fingerprint density at radius 2 is 1.00 bits per heavy atom. The molecule has 0 atom stereocenters. The van der Waals surface area contributed by atoms with E-state index in [1.807, 2.05) is 36.4 Å². The molecule has 0 saturated heterocycles. The molecule has 3 aromatic carbocycles. The van der Waals surface area contributed by atoms with E-state index in [2.05, 4.69) is 42.5 Å². The maximum atomic E-state index is 9.26. The topological polar surface area (TPSA) is 20.2 Å². The van der Waals surface area contributed by atoms with Crippen molar-refractivity contribution < 1.29 is 5.11 Å². The van der Waals surface area contributed by atoms with Crippen LogP contribution in [0.1, 0.15) is 11.1 Å². The van der Waals surface area contributed by atoms with E-state index in [0.717, 1.165) is 11.1 Å². The molecule has 0 bridgehead atoms. The largest absolute Gasteiger partial charge is 0.508 e. The quantitative estimate of drug-likeness (QED) is 0.647. The standard InChI is InChI=1S/C20H16O/c21-20-14-10-17(11-15-20)7-6-16-8-12-19(13-9-16)18-4-2-1-3-5-18/h1-15,21H/b7-6+. The Labute approximate surface area is 124 Å². The van der Waals surface area contributed by atoms with Crippen LogP contribution in [0.15, 0.2) is 78.9 Å². The average molecular weight is 272 g/mol. The second-order valence-corrected chi connectivity index (χ2v) is 4.91. The lowest BCUT2D eigenvalue weighted by Gasteiger charge is -2.02. The summed E-state index contributed by atoms with van der Waals surface area (Å²) in [4.78, 5) is 0. The Hall–Kier alpha value is -2.80. The fraction of sp³-hybridized carbons (Fsp3) is 0. The molecule has 3 rings (SSSR count). The molecule has 1 nitrogen and oxygen atoms in total. The van der Waals surface area contributed by atoms with Crippen LogP contribution in [0, 0.1) is 0 Å². The molecule has 0 radical (unpaired) electrons. The molecule has 21 heavy (non-hydrogen) atoms. The van der Waals surface area contributed by atoms with Gasteiger partial charge in [0.15, 0.2) is 0 Å². The van der Waals surface area contributed by atoms with E-state index in [1.54, 1.807) is 12.1 Å². The molecule has 0 heterocycles. The van der Waals surface area contributed by atoms with Gasteiger partial charge in [-0.3, -0.25) is 0 Å². The first-order chi connectivity index (χ1) is 10.3. The number of hydrogen-bond acceptors (Lipinski definition) is 1. The lowest BCUT2D eigenvalue weighted by atomic mass is 10.0. The molecule has 1 heteroatoms. The molecule has 0 unspecified atom stereocenters. The lowest BCUT2D eigenvalue weighted by Crippen LogP contribution is -1.78. The van der Waals surface area contributed by atoms with Crippen LogP contribution >= 0.6 is 0 Å². The molecule has 0 saturated carbocycles. The Balaban J connectivity index is 1.77. The molecule has 1 N–H and O–H groups in total. The fourth-order valence-corrected chi connectivity index (χ4v) is 2.20. The Morgan fingerprint density at radius 3 is 1.57 bits per heavy atom. The minimum atomic E-state index is 0.291. The number of rotatable bonds is 3. The van der Waals surface area contributed by atoms with E-state index in [1.165, 1.54) is 11.1 Å². The molecule has 102 valence electrons. The number of phenols is 1. The third-order valence-electron chi connectivity index (χ3n) is 3.38. The third kappa shape index (κ3) is 3.40. The zero-order valence-electron chi connectivity index (χ0n) is 11.6. The van der Waals surface area contributed by atoms with Crippen molar-refractivity contribution >= 4 is 12.2 Å². The predicted molar refractivity (Wildman–Crippen MR) is 88.9 cm³/mol. The maximum absolute atomic E-state index is 9.26. The highest BCUT2D eigenvalue weighted by Crippen LogP contribution is 2.20. The van der Waals surface area contributed by atoms with Crippen LogP contribution in [0.4, 0.5) is 0 Å². The summed E-state index contributed by atoms with van der Waals surface area (Å²) in [5, 5.41) is 9.26. The normalized spacial score (nSPS) is 10.9. The van der Waals surface area contributed by atoms with Crippen molar-refractivity contribution in [3.63, 3.8) is 0 Å². The van der Waals surface area contributed by atoms with Crippen molar-refractivity contribution in [2.24, 2.45) is 0 Å².